The summed E-state index contributed by atoms with van der Waals surface area (Å²) in [6.45, 7) is 1.87. The molecule has 1 N–H and O–H groups in total. The van der Waals surface area contributed by atoms with Crippen molar-refractivity contribution in [2.24, 2.45) is 0 Å². The summed E-state index contributed by atoms with van der Waals surface area (Å²) in [6.07, 6.45) is 4.77. The average Bonchev–Trinajstić information content (AvgIpc) is 3.09. The van der Waals surface area contributed by atoms with E-state index in [1.165, 1.54) is 18.5 Å². The number of sulfone groups is 1. The van der Waals surface area contributed by atoms with Gasteiger partial charge in [0.2, 0.25) is 0 Å². The molecule has 0 atom stereocenters. The van der Waals surface area contributed by atoms with Crippen molar-refractivity contribution >= 4 is 27.2 Å². The minimum Gasteiger partial charge on any atom is -0.357 e. The molecule has 1 aromatic carbocycles. The Balaban J connectivity index is 1.74. The third kappa shape index (κ3) is 3.70. The standard InChI is InChI=1S/C16H18N4O3S/c1-24(22,23)13-6-4-12(5-7-13)19-16(21)14-10-15(18-11-17-14)20-8-2-3-9-20/h4-7,10-11H,2-3,8-9H2,1H3,(H,19,21). The number of anilines is 2. The molecule has 0 spiro atoms. The van der Waals surface area contributed by atoms with Crippen LogP contribution in [0.25, 0.3) is 0 Å². The largest absolute Gasteiger partial charge is 0.357 e. The highest BCUT2D eigenvalue weighted by Crippen LogP contribution is 2.19. The van der Waals surface area contributed by atoms with E-state index in [1.54, 1.807) is 18.2 Å². The molecule has 1 amide bonds. The lowest BCUT2D eigenvalue weighted by atomic mass is 10.3. The highest BCUT2D eigenvalue weighted by Gasteiger charge is 2.16. The molecule has 2 heterocycles. The molecule has 1 aliphatic rings. The molecule has 0 saturated carbocycles. The maximum absolute atomic E-state index is 12.3. The van der Waals surface area contributed by atoms with Crippen LogP contribution in [-0.2, 0) is 9.84 Å². The minimum atomic E-state index is -3.25. The van der Waals surface area contributed by atoms with Crippen molar-refractivity contribution in [1.29, 1.82) is 0 Å². The first-order valence-corrected chi connectivity index (χ1v) is 9.51. The quantitative estimate of drug-likeness (QED) is 0.906. The zero-order valence-corrected chi connectivity index (χ0v) is 14.1. The van der Waals surface area contributed by atoms with E-state index in [4.69, 9.17) is 0 Å². The van der Waals surface area contributed by atoms with Gasteiger partial charge >= 0.3 is 0 Å². The summed E-state index contributed by atoms with van der Waals surface area (Å²) in [5.74, 6) is 0.394. The lowest BCUT2D eigenvalue weighted by Crippen LogP contribution is -2.21. The minimum absolute atomic E-state index is 0.207. The van der Waals surface area contributed by atoms with Crippen molar-refractivity contribution in [3.63, 3.8) is 0 Å². The lowest BCUT2D eigenvalue weighted by Gasteiger charge is -2.16. The molecule has 24 heavy (non-hydrogen) atoms. The molecular formula is C16H18N4O3S. The Morgan fingerprint density at radius 2 is 1.79 bits per heavy atom. The Morgan fingerprint density at radius 1 is 1.12 bits per heavy atom. The Kier molecular flexibility index (Phi) is 4.48. The summed E-state index contributed by atoms with van der Waals surface area (Å²) >= 11 is 0. The molecule has 3 rings (SSSR count). The van der Waals surface area contributed by atoms with Gasteiger partial charge in [-0.2, -0.15) is 0 Å². The van der Waals surface area contributed by atoms with E-state index in [2.05, 4.69) is 20.2 Å². The summed E-state index contributed by atoms with van der Waals surface area (Å²) < 4.78 is 22.9. The van der Waals surface area contributed by atoms with Crippen molar-refractivity contribution in [3.05, 3.63) is 42.4 Å². The second-order valence-electron chi connectivity index (χ2n) is 5.71. The first kappa shape index (κ1) is 16.4. The second kappa shape index (κ2) is 6.56. The third-order valence-corrected chi connectivity index (χ3v) is 4.98. The summed E-state index contributed by atoms with van der Waals surface area (Å²) in [4.78, 5) is 22.9. The van der Waals surface area contributed by atoms with Crippen molar-refractivity contribution in [3.8, 4) is 0 Å². The van der Waals surface area contributed by atoms with Crippen LogP contribution in [0.15, 0.2) is 41.6 Å². The van der Waals surface area contributed by atoms with Gasteiger partial charge < -0.3 is 10.2 Å². The first-order valence-electron chi connectivity index (χ1n) is 7.62. The Morgan fingerprint density at radius 3 is 2.42 bits per heavy atom. The van der Waals surface area contributed by atoms with E-state index in [0.717, 1.165) is 38.0 Å². The van der Waals surface area contributed by atoms with Gasteiger partial charge in [0.05, 0.1) is 4.90 Å². The van der Waals surface area contributed by atoms with Gasteiger partial charge in [0.15, 0.2) is 9.84 Å². The number of benzene rings is 1. The van der Waals surface area contributed by atoms with Crippen molar-refractivity contribution in [1.82, 2.24) is 9.97 Å². The number of nitrogens with zero attached hydrogens (tertiary/aromatic N) is 3. The number of carbonyl (C=O) groups is 1. The predicted molar refractivity (Wildman–Crippen MR) is 91.0 cm³/mol. The van der Waals surface area contributed by atoms with Crippen LogP contribution in [0.5, 0.6) is 0 Å². The van der Waals surface area contributed by atoms with Crippen LogP contribution in [-0.4, -0.2) is 43.6 Å². The van der Waals surface area contributed by atoms with Crippen LogP contribution in [0, 0.1) is 0 Å². The molecule has 7 nitrogen and oxygen atoms in total. The predicted octanol–water partition coefficient (Wildman–Crippen LogP) is 1.73. The number of hydrogen-bond acceptors (Lipinski definition) is 6. The molecule has 8 heteroatoms. The normalized spacial score (nSPS) is 14.6. The topological polar surface area (TPSA) is 92.3 Å². The molecule has 0 radical (unpaired) electrons. The second-order valence-corrected chi connectivity index (χ2v) is 7.72. The maximum Gasteiger partial charge on any atom is 0.274 e. The lowest BCUT2D eigenvalue weighted by molar-refractivity contribution is 0.102. The number of rotatable bonds is 4. The Hall–Kier alpha value is -2.48. The first-order chi connectivity index (χ1) is 11.4. The van der Waals surface area contributed by atoms with Crippen LogP contribution in [0.4, 0.5) is 11.5 Å². The van der Waals surface area contributed by atoms with E-state index in [0.29, 0.717) is 5.69 Å². The van der Waals surface area contributed by atoms with E-state index >= 15 is 0 Å². The highest BCUT2D eigenvalue weighted by atomic mass is 32.2. The van der Waals surface area contributed by atoms with Crippen LogP contribution in [0.3, 0.4) is 0 Å². The summed E-state index contributed by atoms with van der Waals surface area (Å²) in [7, 11) is -3.25. The Labute approximate surface area is 140 Å². The number of nitrogens with one attached hydrogen (secondary N) is 1. The van der Waals surface area contributed by atoms with Gasteiger partial charge in [0.25, 0.3) is 5.91 Å². The maximum atomic E-state index is 12.3. The van der Waals surface area contributed by atoms with E-state index in [1.807, 2.05) is 0 Å². The van der Waals surface area contributed by atoms with Gasteiger partial charge in [-0.05, 0) is 37.1 Å². The number of aromatic nitrogens is 2. The van der Waals surface area contributed by atoms with Gasteiger partial charge in [-0.3, -0.25) is 4.79 Å². The summed E-state index contributed by atoms with van der Waals surface area (Å²) in [5, 5.41) is 2.71. The third-order valence-electron chi connectivity index (χ3n) is 3.86. The van der Waals surface area contributed by atoms with E-state index in [9.17, 15) is 13.2 Å². The zero-order valence-electron chi connectivity index (χ0n) is 13.3. The monoisotopic (exact) mass is 346 g/mol. The molecule has 0 aliphatic carbocycles. The molecule has 1 saturated heterocycles. The van der Waals surface area contributed by atoms with Crippen molar-refractivity contribution in [2.75, 3.05) is 29.6 Å². The van der Waals surface area contributed by atoms with Gasteiger partial charge in [-0.1, -0.05) is 0 Å². The average molecular weight is 346 g/mol. The molecule has 0 unspecified atom stereocenters. The van der Waals surface area contributed by atoms with Crippen molar-refractivity contribution in [2.45, 2.75) is 17.7 Å². The summed E-state index contributed by atoms with van der Waals surface area (Å²) in [6, 6.07) is 7.69. The molecule has 0 bridgehead atoms. The number of carbonyl (C=O) groups excluding carboxylic acids is 1. The van der Waals surface area contributed by atoms with Crippen LogP contribution in [0.2, 0.25) is 0 Å². The molecule has 1 aromatic heterocycles. The van der Waals surface area contributed by atoms with E-state index < -0.39 is 9.84 Å². The van der Waals surface area contributed by atoms with Gasteiger partial charge in [-0.15, -0.1) is 0 Å². The zero-order chi connectivity index (χ0) is 17.2. The van der Waals surface area contributed by atoms with Crippen LogP contribution < -0.4 is 10.2 Å². The SMILES string of the molecule is CS(=O)(=O)c1ccc(NC(=O)c2cc(N3CCCC3)ncn2)cc1. The van der Waals surface area contributed by atoms with Gasteiger partial charge in [0.1, 0.15) is 17.8 Å². The van der Waals surface area contributed by atoms with Crippen LogP contribution in [0.1, 0.15) is 23.3 Å². The van der Waals surface area contributed by atoms with E-state index in [-0.39, 0.29) is 16.5 Å². The van der Waals surface area contributed by atoms with Gasteiger partial charge in [-0.25, -0.2) is 18.4 Å². The molecule has 1 aliphatic heterocycles. The molecular weight excluding hydrogens is 328 g/mol. The van der Waals surface area contributed by atoms with Gasteiger partial charge in [0, 0.05) is 31.1 Å². The highest BCUT2D eigenvalue weighted by molar-refractivity contribution is 7.90. The molecule has 126 valence electrons. The fourth-order valence-corrected chi connectivity index (χ4v) is 3.20. The number of hydrogen-bond donors (Lipinski definition) is 1. The Bertz CT molecular complexity index is 844. The fourth-order valence-electron chi connectivity index (χ4n) is 2.57. The van der Waals surface area contributed by atoms with Crippen LogP contribution >= 0.6 is 0 Å². The molecule has 2 aromatic rings. The molecule has 1 fully saturated rings. The summed E-state index contributed by atoms with van der Waals surface area (Å²) in [5.41, 5.74) is 0.785. The smallest absolute Gasteiger partial charge is 0.274 e. The van der Waals surface area contributed by atoms with Crippen molar-refractivity contribution < 1.29 is 13.2 Å². The fraction of sp³-hybridized carbons (Fsp3) is 0.312. The number of amides is 1.